The molecule has 0 amide bonds. The van der Waals surface area contributed by atoms with E-state index >= 15 is 0 Å². The summed E-state index contributed by atoms with van der Waals surface area (Å²) < 4.78 is 0. The third-order valence-electron chi connectivity index (χ3n) is 0.595. The molecule has 0 atom stereocenters. The first-order chi connectivity index (χ1) is 3.27. The highest BCUT2D eigenvalue weighted by Gasteiger charge is 1.89. The molecule has 0 spiro atoms. The summed E-state index contributed by atoms with van der Waals surface area (Å²) in [6, 6.07) is 0. The highest BCUT2D eigenvalue weighted by atomic mass is 32.2. The van der Waals surface area contributed by atoms with Crippen molar-refractivity contribution in [3.05, 3.63) is 5.92 Å². The van der Waals surface area contributed by atoms with E-state index in [9.17, 15) is 0 Å². The zero-order chi connectivity index (χ0) is 5.70. The van der Waals surface area contributed by atoms with Crippen molar-refractivity contribution in [1.29, 1.82) is 0 Å². The zero-order valence-electron chi connectivity index (χ0n) is 5.32. The predicted octanol–water partition coefficient (Wildman–Crippen LogP) is 2.35. The minimum atomic E-state index is 1.23. The molecule has 1 radical (unpaired) electrons. The van der Waals surface area contributed by atoms with Gasteiger partial charge in [0.2, 0.25) is 0 Å². The van der Waals surface area contributed by atoms with Crippen LogP contribution in [0.3, 0.4) is 0 Å². The van der Waals surface area contributed by atoms with E-state index in [1.54, 1.807) is 0 Å². The van der Waals surface area contributed by atoms with Crippen LogP contribution in [0.2, 0.25) is 0 Å². The molecule has 0 aliphatic carbocycles. The fraction of sp³-hybridized carbons (Fsp3) is 0.833. The van der Waals surface area contributed by atoms with Gasteiger partial charge in [-0.15, -0.1) is 0 Å². The Kier molecular flexibility index (Phi) is 4.73. The van der Waals surface area contributed by atoms with E-state index in [4.69, 9.17) is 0 Å². The topological polar surface area (TPSA) is 0 Å². The molecular weight excluding hydrogens is 104 g/mol. The second-order valence-corrected chi connectivity index (χ2v) is 3.12. The van der Waals surface area contributed by atoms with E-state index in [1.165, 1.54) is 17.4 Å². The first-order valence-corrected chi connectivity index (χ1v) is 3.79. The van der Waals surface area contributed by atoms with Crippen LogP contribution in [0.25, 0.3) is 0 Å². The van der Waals surface area contributed by atoms with Crippen molar-refractivity contribution in [2.75, 3.05) is 11.5 Å². The molecule has 0 rings (SSSR count). The monoisotopic (exact) mass is 117 g/mol. The van der Waals surface area contributed by atoms with Gasteiger partial charge in [-0.3, -0.25) is 0 Å². The molecule has 0 aromatic heterocycles. The van der Waals surface area contributed by atoms with Crippen molar-refractivity contribution >= 4 is 11.8 Å². The number of hydrogen-bond acceptors (Lipinski definition) is 1. The maximum atomic E-state index is 2.19. The molecule has 0 nitrogen and oxygen atoms in total. The van der Waals surface area contributed by atoms with Gasteiger partial charge < -0.3 is 0 Å². The molecule has 0 aliphatic rings. The second-order valence-electron chi connectivity index (χ2n) is 1.84. The molecule has 0 aliphatic heterocycles. The maximum Gasteiger partial charge on any atom is -0.00108 e. The van der Waals surface area contributed by atoms with E-state index in [-0.39, 0.29) is 0 Å². The first kappa shape index (κ1) is 7.35. The summed E-state index contributed by atoms with van der Waals surface area (Å²) in [5.74, 6) is 3.99. The fourth-order valence-corrected chi connectivity index (χ4v) is 0.919. The van der Waals surface area contributed by atoms with E-state index in [0.29, 0.717) is 0 Å². The molecule has 0 unspecified atom stereocenters. The summed E-state index contributed by atoms with van der Waals surface area (Å²) in [4.78, 5) is 0. The quantitative estimate of drug-likeness (QED) is 0.547. The third-order valence-corrected chi connectivity index (χ3v) is 1.78. The predicted molar refractivity (Wildman–Crippen MR) is 37.6 cm³/mol. The standard InChI is InChI=1S/C6H13S/c1-4-7-5-6(2)3/h4-5H2,1-3H3. The summed E-state index contributed by atoms with van der Waals surface area (Å²) >= 11 is 1.98. The van der Waals surface area contributed by atoms with Crippen LogP contribution in [0.4, 0.5) is 0 Å². The van der Waals surface area contributed by atoms with E-state index in [1.807, 2.05) is 11.8 Å². The Bertz CT molecular complexity index is 33.2. The molecular formula is C6H13S. The van der Waals surface area contributed by atoms with Gasteiger partial charge in [0.15, 0.2) is 0 Å². The van der Waals surface area contributed by atoms with Crippen LogP contribution in [-0.2, 0) is 0 Å². The van der Waals surface area contributed by atoms with Crippen LogP contribution in [0.15, 0.2) is 0 Å². The average Bonchev–Trinajstić information content (AvgIpc) is 1.61. The van der Waals surface area contributed by atoms with Crippen LogP contribution in [0.5, 0.6) is 0 Å². The van der Waals surface area contributed by atoms with Crippen molar-refractivity contribution < 1.29 is 0 Å². The van der Waals surface area contributed by atoms with Crippen molar-refractivity contribution in [1.82, 2.24) is 0 Å². The minimum absolute atomic E-state index is 1.23. The number of rotatable bonds is 3. The molecule has 7 heavy (non-hydrogen) atoms. The van der Waals surface area contributed by atoms with Gasteiger partial charge in [-0.05, 0) is 17.4 Å². The highest BCUT2D eigenvalue weighted by Crippen LogP contribution is 2.06. The first-order valence-electron chi connectivity index (χ1n) is 2.64. The van der Waals surface area contributed by atoms with Crippen molar-refractivity contribution in [3.63, 3.8) is 0 Å². The van der Waals surface area contributed by atoms with Crippen LogP contribution in [-0.4, -0.2) is 11.5 Å². The maximum absolute atomic E-state index is 2.19. The molecule has 0 heterocycles. The molecule has 0 bridgehead atoms. The molecule has 1 heteroatoms. The van der Waals surface area contributed by atoms with Crippen LogP contribution in [0.1, 0.15) is 20.8 Å². The highest BCUT2D eigenvalue weighted by molar-refractivity contribution is 7.99. The molecule has 0 fully saturated rings. The smallest absolute Gasteiger partial charge is 0.00108 e. The lowest BCUT2D eigenvalue weighted by Gasteiger charge is -1.98. The summed E-state index contributed by atoms with van der Waals surface area (Å²) in [7, 11) is 0. The van der Waals surface area contributed by atoms with Crippen LogP contribution < -0.4 is 0 Å². The van der Waals surface area contributed by atoms with Gasteiger partial charge in [-0.25, -0.2) is 0 Å². The Balaban J connectivity index is 2.68. The molecule has 0 aromatic rings. The Hall–Kier alpha value is 0.350. The van der Waals surface area contributed by atoms with Gasteiger partial charge in [0.05, 0.1) is 0 Å². The van der Waals surface area contributed by atoms with Crippen LogP contribution >= 0.6 is 11.8 Å². The Morgan fingerprint density at radius 2 is 2.00 bits per heavy atom. The average molecular weight is 117 g/mol. The van der Waals surface area contributed by atoms with Gasteiger partial charge in [-0.2, -0.15) is 11.8 Å². The van der Waals surface area contributed by atoms with E-state index in [2.05, 4.69) is 20.8 Å². The van der Waals surface area contributed by atoms with Crippen LogP contribution in [0, 0.1) is 5.92 Å². The summed E-state index contributed by atoms with van der Waals surface area (Å²) in [5, 5.41) is 0. The number of hydrogen-bond donors (Lipinski definition) is 0. The van der Waals surface area contributed by atoms with Gasteiger partial charge in [0.25, 0.3) is 0 Å². The molecule has 43 valence electrons. The largest absolute Gasteiger partial charge is 0.162 e. The zero-order valence-corrected chi connectivity index (χ0v) is 6.14. The SMILES string of the molecule is CCSC[C](C)C. The number of thioether (sulfide) groups is 1. The van der Waals surface area contributed by atoms with Crippen molar-refractivity contribution in [3.8, 4) is 0 Å². The van der Waals surface area contributed by atoms with Crippen molar-refractivity contribution in [2.45, 2.75) is 20.8 Å². The lowest BCUT2D eigenvalue weighted by molar-refractivity contribution is 1.12. The van der Waals surface area contributed by atoms with E-state index in [0.717, 1.165) is 0 Å². The van der Waals surface area contributed by atoms with Gasteiger partial charge in [-0.1, -0.05) is 20.8 Å². The lowest BCUT2D eigenvalue weighted by Crippen LogP contribution is -1.86. The Morgan fingerprint density at radius 3 is 2.14 bits per heavy atom. The van der Waals surface area contributed by atoms with Gasteiger partial charge in [0.1, 0.15) is 0 Å². The molecule has 0 N–H and O–H groups in total. The molecule has 0 aromatic carbocycles. The second kappa shape index (κ2) is 4.51. The van der Waals surface area contributed by atoms with Gasteiger partial charge in [0, 0.05) is 0 Å². The fourth-order valence-electron chi connectivity index (χ4n) is 0.306. The Morgan fingerprint density at radius 1 is 1.43 bits per heavy atom. The minimum Gasteiger partial charge on any atom is -0.162 e. The lowest BCUT2D eigenvalue weighted by atomic mass is 10.3. The van der Waals surface area contributed by atoms with Gasteiger partial charge >= 0.3 is 0 Å². The summed E-state index contributed by atoms with van der Waals surface area (Å²) in [6.45, 7) is 6.53. The third kappa shape index (κ3) is 6.35. The Labute approximate surface area is 50.7 Å². The van der Waals surface area contributed by atoms with Crippen molar-refractivity contribution in [2.24, 2.45) is 0 Å². The summed E-state index contributed by atoms with van der Waals surface area (Å²) in [5.41, 5.74) is 0. The van der Waals surface area contributed by atoms with E-state index < -0.39 is 0 Å². The molecule has 0 saturated heterocycles. The summed E-state index contributed by atoms with van der Waals surface area (Å²) in [6.07, 6.45) is 0. The normalized spacial score (nSPS) is 10.3. The molecule has 0 saturated carbocycles.